The summed E-state index contributed by atoms with van der Waals surface area (Å²) in [6.45, 7) is 0. The van der Waals surface area contributed by atoms with Gasteiger partial charge >= 0.3 is 5.97 Å². The number of aromatic nitrogens is 1. The number of rotatable bonds is 2. The SMILES string of the molecule is COC(=O)c1cn(C2CCCCC2)c2ccccc2c1=O. The lowest BCUT2D eigenvalue weighted by molar-refractivity contribution is 0.0598. The minimum Gasteiger partial charge on any atom is -0.465 e. The lowest BCUT2D eigenvalue weighted by Crippen LogP contribution is -2.23. The van der Waals surface area contributed by atoms with E-state index in [4.69, 9.17) is 4.74 Å². The Morgan fingerprint density at radius 1 is 1.19 bits per heavy atom. The molecule has 1 heterocycles. The van der Waals surface area contributed by atoms with Crippen LogP contribution in [0, 0.1) is 0 Å². The van der Waals surface area contributed by atoms with Gasteiger partial charge in [-0.15, -0.1) is 0 Å². The summed E-state index contributed by atoms with van der Waals surface area (Å²) in [6.07, 6.45) is 7.52. The minimum absolute atomic E-state index is 0.127. The van der Waals surface area contributed by atoms with E-state index in [-0.39, 0.29) is 11.0 Å². The van der Waals surface area contributed by atoms with Crippen molar-refractivity contribution in [2.75, 3.05) is 7.11 Å². The van der Waals surface area contributed by atoms with Crippen LogP contribution in [0.5, 0.6) is 0 Å². The number of pyridine rings is 1. The van der Waals surface area contributed by atoms with Crippen LogP contribution in [0.25, 0.3) is 10.9 Å². The Balaban J connectivity index is 2.24. The molecule has 3 rings (SSSR count). The number of fused-ring (bicyclic) bond motifs is 1. The lowest BCUT2D eigenvalue weighted by atomic mass is 9.94. The number of ether oxygens (including phenoxy) is 1. The zero-order chi connectivity index (χ0) is 14.8. The lowest BCUT2D eigenvalue weighted by Gasteiger charge is -2.26. The van der Waals surface area contributed by atoms with Gasteiger partial charge in [-0.05, 0) is 25.0 Å². The van der Waals surface area contributed by atoms with Crippen LogP contribution < -0.4 is 5.43 Å². The smallest absolute Gasteiger partial charge is 0.343 e. The van der Waals surface area contributed by atoms with Crippen molar-refractivity contribution < 1.29 is 9.53 Å². The summed E-state index contributed by atoms with van der Waals surface area (Å²) in [7, 11) is 1.31. The van der Waals surface area contributed by atoms with Crippen LogP contribution in [0.4, 0.5) is 0 Å². The van der Waals surface area contributed by atoms with Crippen molar-refractivity contribution in [3.63, 3.8) is 0 Å². The number of methoxy groups -OCH3 is 1. The Morgan fingerprint density at radius 3 is 2.62 bits per heavy atom. The molecule has 4 nitrogen and oxygen atoms in total. The Morgan fingerprint density at radius 2 is 1.90 bits per heavy atom. The predicted molar refractivity (Wildman–Crippen MR) is 81.7 cm³/mol. The van der Waals surface area contributed by atoms with Gasteiger partial charge in [0.25, 0.3) is 0 Å². The van der Waals surface area contributed by atoms with Gasteiger partial charge in [0.05, 0.1) is 12.6 Å². The first-order valence-corrected chi connectivity index (χ1v) is 7.44. The van der Waals surface area contributed by atoms with Crippen molar-refractivity contribution >= 4 is 16.9 Å². The molecule has 1 aromatic carbocycles. The molecule has 0 aliphatic heterocycles. The Labute approximate surface area is 123 Å². The van der Waals surface area contributed by atoms with Crippen LogP contribution in [0.2, 0.25) is 0 Å². The molecule has 110 valence electrons. The van der Waals surface area contributed by atoms with Crippen molar-refractivity contribution in [3.05, 3.63) is 46.2 Å². The highest BCUT2D eigenvalue weighted by Gasteiger charge is 2.21. The molecule has 0 spiro atoms. The van der Waals surface area contributed by atoms with E-state index in [1.807, 2.05) is 18.2 Å². The highest BCUT2D eigenvalue weighted by Crippen LogP contribution is 2.30. The van der Waals surface area contributed by atoms with Gasteiger partial charge in [-0.25, -0.2) is 4.79 Å². The number of hydrogen-bond acceptors (Lipinski definition) is 3. The number of esters is 1. The van der Waals surface area contributed by atoms with E-state index in [1.165, 1.54) is 26.4 Å². The van der Waals surface area contributed by atoms with Crippen molar-refractivity contribution in [1.82, 2.24) is 4.57 Å². The molecule has 0 N–H and O–H groups in total. The third-order valence-electron chi connectivity index (χ3n) is 4.31. The maximum Gasteiger partial charge on any atom is 0.343 e. The van der Waals surface area contributed by atoms with Crippen LogP contribution >= 0.6 is 0 Å². The van der Waals surface area contributed by atoms with E-state index in [0.29, 0.717) is 11.4 Å². The topological polar surface area (TPSA) is 48.3 Å². The molecule has 0 bridgehead atoms. The largest absolute Gasteiger partial charge is 0.465 e. The summed E-state index contributed by atoms with van der Waals surface area (Å²) in [6, 6.07) is 7.85. The number of hydrogen-bond donors (Lipinski definition) is 0. The Hall–Kier alpha value is -2.10. The van der Waals surface area contributed by atoms with Gasteiger partial charge in [0.2, 0.25) is 5.43 Å². The molecular weight excluding hydrogens is 266 g/mol. The first kappa shape index (κ1) is 13.9. The normalized spacial score (nSPS) is 16.0. The molecule has 4 heteroatoms. The van der Waals surface area contributed by atoms with E-state index in [2.05, 4.69) is 4.57 Å². The Bertz CT molecular complexity index is 726. The summed E-state index contributed by atoms with van der Waals surface area (Å²) < 4.78 is 6.86. The Kier molecular flexibility index (Phi) is 3.78. The number of carbonyl (C=O) groups excluding carboxylic acids is 1. The van der Waals surface area contributed by atoms with Gasteiger partial charge in [-0.2, -0.15) is 0 Å². The minimum atomic E-state index is -0.560. The molecule has 0 unspecified atom stereocenters. The summed E-state index contributed by atoms with van der Waals surface area (Å²) >= 11 is 0. The van der Waals surface area contributed by atoms with Gasteiger partial charge in [0.15, 0.2) is 0 Å². The zero-order valence-corrected chi connectivity index (χ0v) is 12.2. The van der Waals surface area contributed by atoms with E-state index < -0.39 is 5.97 Å². The monoisotopic (exact) mass is 285 g/mol. The number of para-hydroxylation sites is 1. The predicted octanol–water partition coefficient (Wildman–Crippen LogP) is 3.29. The molecule has 0 saturated heterocycles. The maximum atomic E-state index is 12.4. The molecule has 0 radical (unpaired) electrons. The van der Waals surface area contributed by atoms with Gasteiger partial charge in [-0.1, -0.05) is 31.4 Å². The fraction of sp³-hybridized carbons (Fsp3) is 0.412. The fourth-order valence-corrected chi connectivity index (χ4v) is 3.22. The van der Waals surface area contributed by atoms with Crippen LogP contribution in [0.1, 0.15) is 48.5 Å². The summed E-state index contributed by atoms with van der Waals surface area (Å²) in [5.74, 6) is -0.560. The quantitative estimate of drug-likeness (QED) is 0.795. The average Bonchev–Trinajstić information content (AvgIpc) is 2.55. The first-order valence-electron chi connectivity index (χ1n) is 7.44. The van der Waals surface area contributed by atoms with Gasteiger partial charge < -0.3 is 9.30 Å². The first-order chi connectivity index (χ1) is 10.2. The van der Waals surface area contributed by atoms with E-state index >= 15 is 0 Å². The summed E-state index contributed by atoms with van der Waals surface area (Å²) in [5, 5.41) is 0.589. The average molecular weight is 285 g/mol. The van der Waals surface area contributed by atoms with Crippen molar-refractivity contribution in [2.24, 2.45) is 0 Å². The molecular formula is C17H19NO3. The highest BCUT2D eigenvalue weighted by atomic mass is 16.5. The molecule has 21 heavy (non-hydrogen) atoms. The number of nitrogens with zero attached hydrogens (tertiary/aromatic N) is 1. The maximum absolute atomic E-state index is 12.4. The number of benzene rings is 1. The molecule has 1 saturated carbocycles. The van der Waals surface area contributed by atoms with E-state index in [1.54, 1.807) is 12.3 Å². The van der Waals surface area contributed by atoms with E-state index in [0.717, 1.165) is 18.4 Å². The zero-order valence-electron chi connectivity index (χ0n) is 12.2. The molecule has 0 atom stereocenters. The second-order valence-electron chi connectivity index (χ2n) is 5.58. The third kappa shape index (κ3) is 2.46. The summed E-state index contributed by atoms with van der Waals surface area (Å²) in [4.78, 5) is 24.3. The fourth-order valence-electron chi connectivity index (χ4n) is 3.22. The molecule has 1 aromatic heterocycles. The van der Waals surface area contributed by atoms with Gasteiger partial charge in [0.1, 0.15) is 5.56 Å². The molecule has 1 aliphatic carbocycles. The van der Waals surface area contributed by atoms with Gasteiger partial charge in [0, 0.05) is 17.6 Å². The molecule has 1 fully saturated rings. The molecule has 1 aliphatic rings. The third-order valence-corrected chi connectivity index (χ3v) is 4.31. The highest BCUT2D eigenvalue weighted by molar-refractivity contribution is 5.93. The van der Waals surface area contributed by atoms with E-state index in [9.17, 15) is 9.59 Å². The van der Waals surface area contributed by atoms with Crippen LogP contribution in [-0.4, -0.2) is 17.6 Å². The standard InChI is InChI=1S/C17H19NO3/c1-21-17(20)14-11-18(12-7-3-2-4-8-12)15-10-6-5-9-13(15)16(14)19/h5-6,9-12H,2-4,7-8H2,1H3. The van der Waals surface area contributed by atoms with Crippen LogP contribution in [0.3, 0.4) is 0 Å². The van der Waals surface area contributed by atoms with Crippen LogP contribution in [-0.2, 0) is 4.74 Å². The van der Waals surface area contributed by atoms with Crippen molar-refractivity contribution in [2.45, 2.75) is 38.1 Å². The molecule has 2 aromatic rings. The second-order valence-corrected chi connectivity index (χ2v) is 5.58. The van der Waals surface area contributed by atoms with Crippen LogP contribution in [0.15, 0.2) is 35.3 Å². The molecule has 0 amide bonds. The second kappa shape index (κ2) is 5.72. The summed E-state index contributed by atoms with van der Waals surface area (Å²) in [5.41, 5.74) is 0.785. The number of carbonyl (C=O) groups is 1. The van der Waals surface area contributed by atoms with Crippen molar-refractivity contribution in [3.8, 4) is 0 Å². The van der Waals surface area contributed by atoms with Crippen molar-refractivity contribution in [1.29, 1.82) is 0 Å². The van der Waals surface area contributed by atoms with Gasteiger partial charge in [-0.3, -0.25) is 4.79 Å².